The summed E-state index contributed by atoms with van der Waals surface area (Å²) in [6, 6.07) is 6.69. The summed E-state index contributed by atoms with van der Waals surface area (Å²) < 4.78 is 36.7. The van der Waals surface area contributed by atoms with Gasteiger partial charge in [-0.25, -0.2) is 12.8 Å². The summed E-state index contributed by atoms with van der Waals surface area (Å²) in [6.07, 6.45) is 1.09. The average molecular weight is 387 g/mol. The molecule has 0 spiro atoms. The molecule has 2 aliphatic rings. The van der Waals surface area contributed by atoms with Gasteiger partial charge in [0.25, 0.3) is 0 Å². The van der Waals surface area contributed by atoms with Crippen molar-refractivity contribution in [2.45, 2.75) is 23.8 Å². The van der Waals surface area contributed by atoms with Crippen LogP contribution >= 0.6 is 11.8 Å². The molecular formula is C17H23FN2O3S2. The summed E-state index contributed by atoms with van der Waals surface area (Å²) in [5.41, 5.74) is 0. The molecule has 3 rings (SSSR count). The van der Waals surface area contributed by atoms with Crippen molar-refractivity contribution in [3.05, 3.63) is 30.1 Å². The lowest BCUT2D eigenvalue weighted by molar-refractivity contribution is -0.132. The van der Waals surface area contributed by atoms with Crippen LogP contribution in [0.4, 0.5) is 4.39 Å². The number of nitrogens with zero attached hydrogens (tertiary/aromatic N) is 2. The number of hydrogen-bond donors (Lipinski definition) is 0. The van der Waals surface area contributed by atoms with Crippen LogP contribution in [0.2, 0.25) is 0 Å². The molecule has 1 amide bonds. The number of hydrogen-bond acceptors (Lipinski definition) is 5. The van der Waals surface area contributed by atoms with Gasteiger partial charge in [0.1, 0.15) is 5.82 Å². The van der Waals surface area contributed by atoms with Crippen LogP contribution < -0.4 is 0 Å². The molecule has 0 saturated carbocycles. The highest BCUT2D eigenvalue weighted by Crippen LogP contribution is 2.23. The molecule has 1 unspecified atom stereocenters. The zero-order chi connectivity index (χ0) is 17.9. The summed E-state index contributed by atoms with van der Waals surface area (Å²) in [5.74, 6) is 0.924. The number of piperazine rings is 1. The Balaban J connectivity index is 1.40. The highest BCUT2D eigenvalue weighted by atomic mass is 32.2. The summed E-state index contributed by atoms with van der Waals surface area (Å²) in [5, 5.41) is 0. The molecule has 2 heterocycles. The van der Waals surface area contributed by atoms with Crippen LogP contribution in [0.15, 0.2) is 29.2 Å². The molecule has 1 atom stereocenters. The first-order valence-corrected chi connectivity index (χ1v) is 11.3. The Labute approximate surface area is 152 Å². The van der Waals surface area contributed by atoms with Crippen LogP contribution in [0.5, 0.6) is 0 Å². The van der Waals surface area contributed by atoms with Gasteiger partial charge in [-0.3, -0.25) is 9.69 Å². The van der Waals surface area contributed by atoms with Crippen LogP contribution in [-0.2, 0) is 14.6 Å². The molecule has 2 aliphatic heterocycles. The first-order chi connectivity index (χ1) is 11.9. The molecular weight excluding hydrogens is 363 g/mol. The summed E-state index contributed by atoms with van der Waals surface area (Å²) in [4.78, 5) is 16.9. The Morgan fingerprint density at radius 3 is 2.56 bits per heavy atom. The van der Waals surface area contributed by atoms with E-state index in [2.05, 4.69) is 4.90 Å². The number of amides is 1. The van der Waals surface area contributed by atoms with E-state index < -0.39 is 9.84 Å². The number of rotatable bonds is 5. The normalized spacial score (nSPS) is 23.7. The van der Waals surface area contributed by atoms with Gasteiger partial charge in [-0.2, -0.15) is 0 Å². The van der Waals surface area contributed by atoms with E-state index in [0.29, 0.717) is 36.6 Å². The smallest absolute Gasteiger partial charge is 0.223 e. The SMILES string of the molecule is O=C(CCSc1ccccc1F)N1CCN(C2CCS(=O)(=O)C2)CC1. The quantitative estimate of drug-likeness (QED) is 0.720. The van der Waals surface area contributed by atoms with Crippen LogP contribution in [-0.4, -0.2) is 73.6 Å². The Morgan fingerprint density at radius 1 is 1.20 bits per heavy atom. The van der Waals surface area contributed by atoms with Crippen molar-refractivity contribution in [2.24, 2.45) is 0 Å². The van der Waals surface area contributed by atoms with Crippen molar-refractivity contribution >= 4 is 27.5 Å². The molecule has 8 heteroatoms. The Kier molecular flexibility index (Phi) is 6.01. The van der Waals surface area contributed by atoms with Gasteiger partial charge in [0.2, 0.25) is 5.91 Å². The van der Waals surface area contributed by atoms with Gasteiger partial charge < -0.3 is 4.90 Å². The van der Waals surface area contributed by atoms with Crippen molar-refractivity contribution in [1.29, 1.82) is 0 Å². The molecule has 2 fully saturated rings. The third kappa shape index (κ3) is 4.95. The number of sulfone groups is 1. The first-order valence-electron chi connectivity index (χ1n) is 8.54. The average Bonchev–Trinajstić information content (AvgIpc) is 2.96. The van der Waals surface area contributed by atoms with Gasteiger partial charge in [-0.1, -0.05) is 12.1 Å². The van der Waals surface area contributed by atoms with Crippen LogP contribution in [0, 0.1) is 5.82 Å². The van der Waals surface area contributed by atoms with E-state index in [0.717, 1.165) is 13.1 Å². The van der Waals surface area contributed by atoms with E-state index in [1.165, 1.54) is 17.8 Å². The first kappa shape index (κ1) is 18.7. The highest BCUT2D eigenvalue weighted by Gasteiger charge is 2.34. The van der Waals surface area contributed by atoms with Gasteiger partial charge >= 0.3 is 0 Å². The summed E-state index contributed by atoms with van der Waals surface area (Å²) in [7, 11) is -2.87. The molecule has 138 valence electrons. The van der Waals surface area contributed by atoms with Crippen molar-refractivity contribution < 1.29 is 17.6 Å². The molecule has 0 aliphatic carbocycles. The monoisotopic (exact) mass is 386 g/mol. The molecule has 0 radical (unpaired) electrons. The van der Waals surface area contributed by atoms with Crippen LogP contribution in [0.3, 0.4) is 0 Å². The topological polar surface area (TPSA) is 57.7 Å². The van der Waals surface area contributed by atoms with E-state index in [9.17, 15) is 17.6 Å². The maximum absolute atomic E-state index is 13.5. The van der Waals surface area contributed by atoms with Gasteiger partial charge in [-0.05, 0) is 18.6 Å². The van der Waals surface area contributed by atoms with Crippen molar-refractivity contribution in [2.75, 3.05) is 43.4 Å². The third-order valence-electron chi connectivity index (χ3n) is 4.80. The number of carbonyl (C=O) groups is 1. The van der Waals surface area contributed by atoms with E-state index in [-0.39, 0.29) is 29.3 Å². The Morgan fingerprint density at radius 2 is 1.92 bits per heavy atom. The minimum absolute atomic E-state index is 0.0857. The Bertz CT molecular complexity index is 718. The Hall–Kier alpha value is -1.12. The van der Waals surface area contributed by atoms with Crippen LogP contribution in [0.1, 0.15) is 12.8 Å². The van der Waals surface area contributed by atoms with Crippen molar-refractivity contribution in [1.82, 2.24) is 9.80 Å². The standard InChI is InChI=1S/C17H23FN2O3S2/c18-15-3-1-2-4-16(15)24-11-5-17(21)20-9-7-19(8-10-20)14-6-12-25(22,23)13-14/h1-4,14H,5-13H2. The minimum atomic E-state index is -2.87. The number of thioether (sulfide) groups is 1. The molecule has 25 heavy (non-hydrogen) atoms. The highest BCUT2D eigenvalue weighted by molar-refractivity contribution is 7.99. The molecule has 1 aromatic rings. The second-order valence-electron chi connectivity index (χ2n) is 6.50. The molecule has 0 aromatic heterocycles. The maximum Gasteiger partial charge on any atom is 0.223 e. The number of carbonyl (C=O) groups excluding carboxylic acids is 1. The summed E-state index contributed by atoms with van der Waals surface area (Å²) in [6.45, 7) is 2.73. The lowest BCUT2D eigenvalue weighted by Crippen LogP contribution is -2.52. The molecule has 2 saturated heterocycles. The van der Waals surface area contributed by atoms with E-state index in [4.69, 9.17) is 0 Å². The van der Waals surface area contributed by atoms with Crippen molar-refractivity contribution in [3.8, 4) is 0 Å². The molecule has 5 nitrogen and oxygen atoms in total. The largest absolute Gasteiger partial charge is 0.340 e. The second-order valence-corrected chi connectivity index (χ2v) is 9.87. The van der Waals surface area contributed by atoms with Gasteiger partial charge in [-0.15, -0.1) is 11.8 Å². The minimum Gasteiger partial charge on any atom is -0.340 e. The predicted octanol–water partition coefficient (Wildman–Crippen LogP) is 1.64. The van der Waals surface area contributed by atoms with Crippen LogP contribution in [0.25, 0.3) is 0 Å². The number of benzene rings is 1. The second kappa shape index (κ2) is 8.05. The fourth-order valence-electron chi connectivity index (χ4n) is 3.37. The fraction of sp³-hybridized carbons (Fsp3) is 0.588. The number of halogens is 1. The predicted molar refractivity (Wildman–Crippen MR) is 97.0 cm³/mol. The molecule has 0 N–H and O–H groups in total. The zero-order valence-corrected chi connectivity index (χ0v) is 15.7. The zero-order valence-electron chi connectivity index (χ0n) is 14.1. The summed E-state index contributed by atoms with van der Waals surface area (Å²) >= 11 is 1.36. The van der Waals surface area contributed by atoms with Crippen molar-refractivity contribution in [3.63, 3.8) is 0 Å². The molecule has 1 aromatic carbocycles. The molecule has 0 bridgehead atoms. The van der Waals surface area contributed by atoms with E-state index in [1.807, 2.05) is 4.90 Å². The van der Waals surface area contributed by atoms with Gasteiger partial charge in [0.05, 0.1) is 11.5 Å². The lowest BCUT2D eigenvalue weighted by Gasteiger charge is -2.37. The van der Waals surface area contributed by atoms with Gasteiger partial charge in [0, 0.05) is 49.3 Å². The lowest BCUT2D eigenvalue weighted by atomic mass is 10.2. The third-order valence-corrected chi connectivity index (χ3v) is 7.60. The fourth-order valence-corrected chi connectivity index (χ4v) is 6.01. The van der Waals surface area contributed by atoms with Gasteiger partial charge in [0.15, 0.2) is 9.84 Å². The maximum atomic E-state index is 13.5. The van der Waals surface area contributed by atoms with E-state index in [1.54, 1.807) is 18.2 Å². The van der Waals surface area contributed by atoms with E-state index >= 15 is 0 Å².